The van der Waals surface area contributed by atoms with Crippen molar-refractivity contribution in [2.24, 2.45) is 5.92 Å². The van der Waals surface area contributed by atoms with Gasteiger partial charge in [-0.3, -0.25) is 9.59 Å². The molecule has 2 heteroatoms. The SMILES string of the molecule is CCCCC(=O)C(CC)C(C)=O. The van der Waals surface area contributed by atoms with Crippen LogP contribution in [0, 0.1) is 5.92 Å². The fraction of sp³-hybridized carbons (Fsp3) is 0.800. The van der Waals surface area contributed by atoms with Crippen LogP contribution in [0.2, 0.25) is 0 Å². The van der Waals surface area contributed by atoms with Gasteiger partial charge in [-0.25, -0.2) is 0 Å². The molecule has 0 rings (SSSR count). The first-order valence-corrected chi connectivity index (χ1v) is 4.66. The monoisotopic (exact) mass is 170 g/mol. The molecule has 0 saturated heterocycles. The van der Waals surface area contributed by atoms with Gasteiger partial charge in [-0.15, -0.1) is 0 Å². The van der Waals surface area contributed by atoms with Crippen LogP contribution in [0.3, 0.4) is 0 Å². The van der Waals surface area contributed by atoms with Crippen molar-refractivity contribution in [2.45, 2.75) is 46.5 Å². The van der Waals surface area contributed by atoms with Gasteiger partial charge in [-0.2, -0.15) is 0 Å². The molecule has 0 aromatic heterocycles. The highest BCUT2D eigenvalue weighted by atomic mass is 16.1. The van der Waals surface area contributed by atoms with Gasteiger partial charge in [0, 0.05) is 6.42 Å². The maximum atomic E-state index is 11.4. The summed E-state index contributed by atoms with van der Waals surface area (Å²) >= 11 is 0. The van der Waals surface area contributed by atoms with Crippen molar-refractivity contribution >= 4 is 11.6 Å². The maximum Gasteiger partial charge on any atom is 0.143 e. The van der Waals surface area contributed by atoms with Gasteiger partial charge < -0.3 is 0 Å². The first-order chi connectivity index (χ1) is 5.63. The Labute approximate surface area is 74.3 Å². The minimum Gasteiger partial charge on any atom is -0.299 e. The molecule has 0 aromatic carbocycles. The lowest BCUT2D eigenvalue weighted by Crippen LogP contribution is -2.20. The van der Waals surface area contributed by atoms with E-state index in [-0.39, 0.29) is 17.5 Å². The van der Waals surface area contributed by atoms with Crippen molar-refractivity contribution in [1.82, 2.24) is 0 Å². The molecule has 1 atom stereocenters. The second-order valence-corrected chi connectivity index (χ2v) is 3.14. The summed E-state index contributed by atoms with van der Waals surface area (Å²) in [5.41, 5.74) is 0. The quantitative estimate of drug-likeness (QED) is 0.573. The molecule has 0 aliphatic carbocycles. The highest BCUT2D eigenvalue weighted by molar-refractivity contribution is 6.01. The van der Waals surface area contributed by atoms with Crippen molar-refractivity contribution in [3.8, 4) is 0 Å². The largest absolute Gasteiger partial charge is 0.299 e. The van der Waals surface area contributed by atoms with E-state index in [0.717, 1.165) is 12.8 Å². The number of Topliss-reactive ketones (excluding diaryl/α,β-unsaturated/α-hetero) is 2. The zero-order valence-electron chi connectivity index (χ0n) is 8.22. The summed E-state index contributed by atoms with van der Waals surface area (Å²) in [6.45, 7) is 5.43. The lowest BCUT2D eigenvalue weighted by molar-refractivity contribution is -0.131. The lowest BCUT2D eigenvalue weighted by Gasteiger charge is -2.08. The van der Waals surface area contributed by atoms with E-state index in [1.54, 1.807) is 0 Å². The summed E-state index contributed by atoms with van der Waals surface area (Å²) < 4.78 is 0. The lowest BCUT2D eigenvalue weighted by atomic mass is 9.94. The van der Waals surface area contributed by atoms with E-state index < -0.39 is 0 Å². The van der Waals surface area contributed by atoms with E-state index in [4.69, 9.17) is 0 Å². The predicted molar refractivity (Wildman–Crippen MR) is 49.0 cm³/mol. The zero-order valence-corrected chi connectivity index (χ0v) is 8.22. The molecule has 0 aliphatic rings. The van der Waals surface area contributed by atoms with Gasteiger partial charge in [0.25, 0.3) is 0 Å². The number of hydrogen-bond donors (Lipinski definition) is 0. The fourth-order valence-electron chi connectivity index (χ4n) is 1.27. The van der Waals surface area contributed by atoms with Crippen molar-refractivity contribution in [3.05, 3.63) is 0 Å². The van der Waals surface area contributed by atoms with E-state index in [2.05, 4.69) is 0 Å². The molecule has 0 aliphatic heterocycles. The summed E-state index contributed by atoms with van der Waals surface area (Å²) in [6.07, 6.45) is 3.13. The van der Waals surface area contributed by atoms with Gasteiger partial charge in [-0.1, -0.05) is 20.3 Å². The summed E-state index contributed by atoms with van der Waals surface area (Å²) in [4.78, 5) is 22.3. The Kier molecular flexibility index (Phi) is 5.60. The average molecular weight is 170 g/mol. The van der Waals surface area contributed by atoms with Crippen LogP contribution in [0.15, 0.2) is 0 Å². The van der Waals surface area contributed by atoms with Crippen LogP contribution in [0.4, 0.5) is 0 Å². The molecule has 0 amide bonds. The standard InChI is InChI=1S/C10H18O2/c1-4-6-7-10(12)9(5-2)8(3)11/h9H,4-7H2,1-3H3. The van der Waals surface area contributed by atoms with Crippen molar-refractivity contribution in [3.63, 3.8) is 0 Å². The predicted octanol–water partition coefficient (Wildman–Crippen LogP) is 2.36. The Morgan fingerprint density at radius 2 is 1.83 bits per heavy atom. The second kappa shape index (κ2) is 5.92. The average Bonchev–Trinajstić information content (AvgIpc) is 2.01. The third-order valence-corrected chi connectivity index (χ3v) is 2.06. The molecule has 1 unspecified atom stereocenters. The molecule has 12 heavy (non-hydrogen) atoms. The van der Waals surface area contributed by atoms with E-state index in [0.29, 0.717) is 12.8 Å². The second-order valence-electron chi connectivity index (χ2n) is 3.14. The Bertz CT molecular complexity index is 161. The number of ketones is 2. The van der Waals surface area contributed by atoms with Crippen molar-refractivity contribution < 1.29 is 9.59 Å². The van der Waals surface area contributed by atoms with Crippen LogP contribution in [0.5, 0.6) is 0 Å². The third kappa shape index (κ3) is 3.65. The van der Waals surface area contributed by atoms with E-state index in [1.165, 1.54) is 6.92 Å². The number of carbonyl (C=O) groups is 2. The summed E-state index contributed by atoms with van der Waals surface area (Å²) in [5.74, 6) is -0.206. The van der Waals surface area contributed by atoms with Crippen LogP contribution in [-0.2, 0) is 9.59 Å². The number of carbonyl (C=O) groups excluding carboxylic acids is 2. The molecule has 2 nitrogen and oxygen atoms in total. The Hall–Kier alpha value is -0.660. The molecule has 0 N–H and O–H groups in total. The molecule has 0 spiro atoms. The molecule has 0 saturated carbocycles. The topological polar surface area (TPSA) is 34.1 Å². The van der Waals surface area contributed by atoms with Crippen LogP contribution in [-0.4, -0.2) is 11.6 Å². The van der Waals surface area contributed by atoms with E-state index in [1.807, 2.05) is 13.8 Å². The van der Waals surface area contributed by atoms with Crippen molar-refractivity contribution in [2.75, 3.05) is 0 Å². The molecular formula is C10H18O2. The fourth-order valence-corrected chi connectivity index (χ4v) is 1.27. The van der Waals surface area contributed by atoms with Gasteiger partial charge in [0.15, 0.2) is 0 Å². The van der Waals surface area contributed by atoms with Crippen LogP contribution in [0.25, 0.3) is 0 Å². The highest BCUT2D eigenvalue weighted by Gasteiger charge is 2.19. The Morgan fingerprint density at radius 3 is 2.17 bits per heavy atom. The van der Waals surface area contributed by atoms with E-state index in [9.17, 15) is 9.59 Å². The highest BCUT2D eigenvalue weighted by Crippen LogP contribution is 2.10. The van der Waals surface area contributed by atoms with Crippen LogP contribution < -0.4 is 0 Å². The molecule has 0 radical (unpaired) electrons. The van der Waals surface area contributed by atoms with Crippen LogP contribution >= 0.6 is 0 Å². The number of unbranched alkanes of at least 4 members (excludes halogenated alkanes) is 1. The summed E-state index contributed by atoms with van der Waals surface area (Å²) in [5, 5.41) is 0. The molecule has 0 heterocycles. The van der Waals surface area contributed by atoms with E-state index >= 15 is 0 Å². The summed E-state index contributed by atoms with van der Waals surface area (Å²) in [7, 11) is 0. The Balaban J connectivity index is 3.95. The minimum absolute atomic E-state index is 0.0126. The molecular weight excluding hydrogens is 152 g/mol. The normalized spacial score (nSPS) is 12.6. The van der Waals surface area contributed by atoms with Gasteiger partial charge in [0.1, 0.15) is 11.6 Å². The number of rotatable bonds is 6. The van der Waals surface area contributed by atoms with Gasteiger partial charge in [0.05, 0.1) is 5.92 Å². The first-order valence-electron chi connectivity index (χ1n) is 4.66. The Morgan fingerprint density at radius 1 is 1.25 bits per heavy atom. The zero-order chi connectivity index (χ0) is 9.56. The maximum absolute atomic E-state index is 11.4. The van der Waals surface area contributed by atoms with Crippen LogP contribution in [0.1, 0.15) is 46.5 Å². The molecule has 70 valence electrons. The minimum atomic E-state index is -0.337. The smallest absolute Gasteiger partial charge is 0.143 e. The number of hydrogen-bond acceptors (Lipinski definition) is 2. The first kappa shape index (κ1) is 11.3. The molecule has 0 bridgehead atoms. The van der Waals surface area contributed by atoms with Gasteiger partial charge in [0.2, 0.25) is 0 Å². The summed E-state index contributed by atoms with van der Waals surface area (Å²) in [6, 6.07) is 0. The molecule has 0 fully saturated rings. The molecule has 0 aromatic rings. The van der Waals surface area contributed by atoms with Crippen molar-refractivity contribution in [1.29, 1.82) is 0 Å². The third-order valence-electron chi connectivity index (χ3n) is 2.06. The van der Waals surface area contributed by atoms with Gasteiger partial charge >= 0.3 is 0 Å². The van der Waals surface area contributed by atoms with Gasteiger partial charge in [-0.05, 0) is 19.8 Å².